The van der Waals surface area contributed by atoms with E-state index < -0.39 is 0 Å². The zero-order valence-electron chi connectivity index (χ0n) is 12.1. The maximum absolute atomic E-state index is 4.67. The fourth-order valence-corrected chi connectivity index (χ4v) is 1.72. The Bertz CT molecular complexity index is 338. The van der Waals surface area contributed by atoms with Gasteiger partial charge in [-0.15, -0.1) is 0 Å². The number of aromatic nitrogens is 2. The van der Waals surface area contributed by atoms with E-state index in [0.29, 0.717) is 6.04 Å². The van der Waals surface area contributed by atoms with Crippen molar-refractivity contribution in [3.8, 4) is 0 Å². The fourth-order valence-electron chi connectivity index (χ4n) is 1.72. The van der Waals surface area contributed by atoms with Crippen LogP contribution in [0.4, 0.5) is 5.82 Å². The minimum atomic E-state index is 0.470. The molecular formula is C14H26N4. The highest BCUT2D eigenvalue weighted by molar-refractivity contribution is 5.35. The first-order chi connectivity index (χ1) is 8.67. The topological polar surface area (TPSA) is 41.1 Å². The van der Waals surface area contributed by atoms with Crippen LogP contribution in [-0.4, -0.2) is 29.1 Å². The molecule has 1 rings (SSSR count). The minimum Gasteiger partial charge on any atom is -0.356 e. The Morgan fingerprint density at radius 3 is 2.67 bits per heavy atom. The molecule has 1 N–H and O–H groups in total. The van der Waals surface area contributed by atoms with Crippen LogP contribution in [0.15, 0.2) is 12.4 Å². The lowest BCUT2D eigenvalue weighted by atomic mass is 10.3. The molecule has 0 radical (unpaired) electrons. The Hall–Kier alpha value is -1.16. The molecule has 0 atom stereocenters. The van der Waals surface area contributed by atoms with Crippen molar-refractivity contribution in [2.45, 2.75) is 53.1 Å². The van der Waals surface area contributed by atoms with E-state index in [0.717, 1.165) is 31.1 Å². The van der Waals surface area contributed by atoms with E-state index in [9.17, 15) is 0 Å². The van der Waals surface area contributed by atoms with Crippen LogP contribution in [0.5, 0.6) is 0 Å². The molecule has 0 unspecified atom stereocenters. The molecule has 4 nitrogen and oxygen atoms in total. The molecule has 102 valence electrons. The predicted octanol–water partition coefficient (Wildman–Crippen LogP) is 2.60. The maximum atomic E-state index is 4.67. The summed E-state index contributed by atoms with van der Waals surface area (Å²) in [5.41, 5.74) is 1.01. The molecule has 0 amide bonds. The summed E-state index contributed by atoms with van der Waals surface area (Å²) in [4.78, 5) is 11.3. The maximum Gasteiger partial charge on any atom is 0.147 e. The van der Waals surface area contributed by atoms with Crippen LogP contribution in [0.3, 0.4) is 0 Å². The Morgan fingerprint density at radius 1 is 1.28 bits per heavy atom. The molecule has 0 bridgehead atoms. The summed E-state index contributed by atoms with van der Waals surface area (Å²) in [7, 11) is 0. The summed E-state index contributed by atoms with van der Waals surface area (Å²) >= 11 is 0. The number of nitrogens with zero attached hydrogens (tertiary/aromatic N) is 3. The van der Waals surface area contributed by atoms with Gasteiger partial charge in [0, 0.05) is 31.9 Å². The van der Waals surface area contributed by atoms with Gasteiger partial charge in [0.25, 0.3) is 0 Å². The normalized spacial score (nSPS) is 10.9. The van der Waals surface area contributed by atoms with E-state index >= 15 is 0 Å². The van der Waals surface area contributed by atoms with E-state index in [4.69, 9.17) is 0 Å². The van der Waals surface area contributed by atoms with Gasteiger partial charge < -0.3 is 10.2 Å². The van der Waals surface area contributed by atoms with Crippen molar-refractivity contribution in [1.29, 1.82) is 0 Å². The largest absolute Gasteiger partial charge is 0.356 e. The predicted molar refractivity (Wildman–Crippen MR) is 76.8 cm³/mol. The van der Waals surface area contributed by atoms with Crippen molar-refractivity contribution in [3.63, 3.8) is 0 Å². The van der Waals surface area contributed by atoms with Gasteiger partial charge in [0.15, 0.2) is 0 Å². The Labute approximate surface area is 111 Å². The van der Waals surface area contributed by atoms with Crippen molar-refractivity contribution in [2.75, 3.05) is 18.0 Å². The Balaban J connectivity index is 2.66. The van der Waals surface area contributed by atoms with Crippen LogP contribution in [-0.2, 0) is 6.54 Å². The third-order valence-corrected chi connectivity index (χ3v) is 2.85. The van der Waals surface area contributed by atoms with Gasteiger partial charge in [-0.05, 0) is 13.3 Å². The lowest BCUT2D eigenvalue weighted by Gasteiger charge is -2.21. The summed E-state index contributed by atoms with van der Waals surface area (Å²) in [6.45, 7) is 11.5. The Kier molecular flexibility index (Phi) is 6.65. The molecule has 0 saturated heterocycles. The molecule has 0 aliphatic heterocycles. The highest BCUT2D eigenvalue weighted by Gasteiger charge is 2.06. The van der Waals surface area contributed by atoms with Crippen molar-refractivity contribution in [2.24, 2.45) is 0 Å². The van der Waals surface area contributed by atoms with Crippen molar-refractivity contribution >= 4 is 5.82 Å². The third-order valence-electron chi connectivity index (χ3n) is 2.85. The summed E-state index contributed by atoms with van der Waals surface area (Å²) in [6.07, 6.45) is 6.10. The van der Waals surface area contributed by atoms with E-state index in [1.165, 1.54) is 12.8 Å². The third kappa shape index (κ3) is 5.00. The fraction of sp³-hybridized carbons (Fsp3) is 0.714. The lowest BCUT2D eigenvalue weighted by molar-refractivity contribution is 0.579. The van der Waals surface area contributed by atoms with Crippen molar-refractivity contribution in [1.82, 2.24) is 15.3 Å². The Morgan fingerprint density at radius 2 is 2.06 bits per heavy atom. The zero-order chi connectivity index (χ0) is 13.4. The molecule has 4 heteroatoms. The molecule has 0 aliphatic rings. The van der Waals surface area contributed by atoms with E-state index in [-0.39, 0.29) is 0 Å². The van der Waals surface area contributed by atoms with Gasteiger partial charge in [0.1, 0.15) is 5.82 Å². The quantitative estimate of drug-likeness (QED) is 0.770. The van der Waals surface area contributed by atoms with Gasteiger partial charge >= 0.3 is 0 Å². The van der Waals surface area contributed by atoms with Gasteiger partial charge in [-0.25, -0.2) is 4.98 Å². The second-order valence-electron chi connectivity index (χ2n) is 4.84. The monoisotopic (exact) mass is 250 g/mol. The SMILES string of the molecule is CCCCN(CC)c1cncc(CNC(C)C)n1. The summed E-state index contributed by atoms with van der Waals surface area (Å²) in [5.74, 6) is 0.994. The second kappa shape index (κ2) is 8.03. The van der Waals surface area contributed by atoms with Crippen LogP contribution in [0, 0.1) is 0 Å². The van der Waals surface area contributed by atoms with Crippen molar-refractivity contribution in [3.05, 3.63) is 18.1 Å². The molecule has 0 aliphatic carbocycles. The average molecular weight is 250 g/mol. The van der Waals surface area contributed by atoms with E-state index in [1.807, 2.05) is 12.4 Å². The minimum absolute atomic E-state index is 0.470. The molecular weight excluding hydrogens is 224 g/mol. The molecule has 18 heavy (non-hydrogen) atoms. The van der Waals surface area contributed by atoms with Gasteiger partial charge in [0.05, 0.1) is 11.9 Å². The highest BCUT2D eigenvalue weighted by atomic mass is 15.2. The number of anilines is 1. The molecule has 0 fully saturated rings. The van der Waals surface area contributed by atoms with E-state index in [2.05, 4.69) is 47.9 Å². The van der Waals surface area contributed by atoms with Crippen LogP contribution in [0.25, 0.3) is 0 Å². The van der Waals surface area contributed by atoms with Crippen molar-refractivity contribution < 1.29 is 0 Å². The summed E-state index contributed by atoms with van der Waals surface area (Å²) in [6, 6.07) is 0.470. The molecule has 1 heterocycles. The molecule has 1 aromatic heterocycles. The van der Waals surface area contributed by atoms with Gasteiger partial charge in [-0.1, -0.05) is 27.2 Å². The molecule has 0 spiro atoms. The summed E-state index contributed by atoms with van der Waals surface area (Å²) in [5, 5.41) is 3.37. The zero-order valence-corrected chi connectivity index (χ0v) is 12.1. The number of nitrogens with one attached hydrogen (secondary N) is 1. The molecule has 0 saturated carbocycles. The summed E-state index contributed by atoms with van der Waals surface area (Å²) < 4.78 is 0. The standard InChI is InChI=1S/C14H26N4/c1-5-7-8-18(6-2)14-11-15-9-13(17-14)10-16-12(3)4/h9,11-12,16H,5-8,10H2,1-4H3. The molecule has 1 aromatic rings. The lowest BCUT2D eigenvalue weighted by Crippen LogP contribution is -2.26. The number of rotatable bonds is 8. The first-order valence-electron chi connectivity index (χ1n) is 6.96. The van der Waals surface area contributed by atoms with Gasteiger partial charge in [-0.3, -0.25) is 4.98 Å². The molecule has 0 aromatic carbocycles. The number of hydrogen-bond donors (Lipinski definition) is 1. The number of unbranched alkanes of at least 4 members (excludes halogenated alkanes) is 1. The van der Waals surface area contributed by atoms with Crippen LogP contribution in [0.1, 0.15) is 46.2 Å². The first kappa shape index (κ1) is 14.9. The highest BCUT2D eigenvalue weighted by Crippen LogP contribution is 2.10. The smallest absolute Gasteiger partial charge is 0.147 e. The van der Waals surface area contributed by atoms with Gasteiger partial charge in [-0.2, -0.15) is 0 Å². The van der Waals surface area contributed by atoms with Gasteiger partial charge in [0.2, 0.25) is 0 Å². The number of hydrogen-bond acceptors (Lipinski definition) is 4. The second-order valence-corrected chi connectivity index (χ2v) is 4.84. The average Bonchev–Trinajstić information content (AvgIpc) is 2.38. The van der Waals surface area contributed by atoms with Crippen LogP contribution >= 0.6 is 0 Å². The van der Waals surface area contributed by atoms with Crippen LogP contribution < -0.4 is 10.2 Å². The van der Waals surface area contributed by atoms with E-state index in [1.54, 1.807) is 0 Å². The van der Waals surface area contributed by atoms with Crippen LogP contribution in [0.2, 0.25) is 0 Å². The first-order valence-corrected chi connectivity index (χ1v) is 6.96.